The Bertz CT molecular complexity index is 2530. The van der Waals surface area contributed by atoms with Crippen LogP contribution >= 0.6 is 0 Å². The van der Waals surface area contributed by atoms with Crippen LogP contribution in [0.3, 0.4) is 0 Å². The standard InChI is InChI=1S/C68H124N12O14/c1-25-48-63(89)78(22)53(37-81)66(92)75(19)50(34-39(4)5)60(86)73-54(42(10)11)67(93)74(18)49(32-31-38(2)3)59(85)70-45(15)58(84)71-46(16)62(88)76(20)51(35-40(6)7)64(90)77(21)52(36-41(8)9)65(91)79(23)55(43(12)13)68(94)80(24)56(61(87)72-48)57(83)44(14)30-28-26-27-29-33-69-47(17)82/h38-46,48-57,81,83H,25-37H2,1-24H3,(H,69,82)(H,70,85)(H,71,84)(H,72,87)(H,73,86)/t44-,45-,46+,48-,49-,50+,51+,52-,53-,54-,55-,56+,57-/m1/s1. The van der Waals surface area contributed by atoms with Crippen LogP contribution in [0, 0.1) is 41.4 Å². The number of likely N-dealkylation sites (N-methyl/N-ethyl adjacent to an activating group) is 7. The van der Waals surface area contributed by atoms with E-state index < -0.39 is 162 Å². The van der Waals surface area contributed by atoms with Crippen molar-refractivity contribution in [2.24, 2.45) is 41.4 Å². The third-order valence-corrected chi connectivity index (χ3v) is 18.1. The van der Waals surface area contributed by atoms with E-state index in [1.807, 2.05) is 55.4 Å². The van der Waals surface area contributed by atoms with Crippen LogP contribution in [0.25, 0.3) is 0 Å². The van der Waals surface area contributed by atoms with Crippen LogP contribution in [0.5, 0.6) is 0 Å². The van der Waals surface area contributed by atoms with Crippen molar-refractivity contribution < 1.29 is 67.7 Å². The number of nitrogens with one attached hydrogen (secondary N) is 5. The van der Waals surface area contributed by atoms with E-state index in [0.717, 1.165) is 27.5 Å². The van der Waals surface area contributed by atoms with Crippen molar-refractivity contribution in [2.75, 3.05) is 62.5 Å². The number of aliphatic hydroxyl groups excluding tert-OH is 2. The number of rotatable bonds is 22. The lowest BCUT2D eigenvalue weighted by atomic mass is 9.90. The maximum atomic E-state index is 15.4. The highest BCUT2D eigenvalue weighted by Gasteiger charge is 2.46. The summed E-state index contributed by atoms with van der Waals surface area (Å²) in [4.78, 5) is 182. The predicted octanol–water partition coefficient (Wildman–Crippen LogP) is 3.14. The maximum Gasteiger partial charge on any atom is 0.248 e. The van der Waals surface area contributed by atoms with Crippen molar-refractivity contribution in [1.82, 2.24) is 60.9 Å². The van der Waals surface area contributed by atoms with E-state index in [0.29, 0.717) is 32.2 Å². The van der Waals surface area contributed by atoms with Crippen LogP contribution in [-0.4, -0.2) is 250 Å². The number of unbranched alkanes of at least 4 members (excludes halogenated alkanes) is 3. The zero-order valence-electron chi connectivity index (χ0n) is 61.6. The molecule has 1 rings (SSSR count). The number of hydrogen-bond donors (Lipinski definition) is 7. The van der Waals surface area contributed by atoms with Crippen LogP contribution in [0.1, 0.15) is 188 Å². The third-order valence-electron chi connectivity index (χ3n) is 18.1. The smallest absolute Gasteiger partial charge is 0.248 e. The lowest BCUT2D eigenvalue weighted by molar-refractivity contribution is -0.157. The van der Waals surface area contributed by atoms with Crippen molar-refractivity contribution in [1.29, 1.82) is 0 Å². The Hall–Kier alpha value is -6.44. The molecule has 0 saturated carbocycles. The first-order chi connectivity index (χ1) is 43.5. The highest BCUT2D eigenvalue weighted by molar-refractivity contribution is 6.00. The summed E-state index contributed by atoms with van der Waals surface area (Å²) in [5.41, 5.74) is 0. The normalized spacial score (nSPS) is 26.1. The molecule has 1 saturated heterocycles. The molecule has 26 nitrogen and oxygen atoms in total. The Morgan fingerprint density at radius 3 is 1.36 bits per heavy atom. The Morgan fingerprint density at radius 1 is 0.447 bits per heavy atom. The number of carbonyl (C=O) groups is 12. The molecule has 0 unspecified atom stereocenters. The summed E-state index contributed by atoms with van der Waals surface area (Å²) < 4.78 is 0. The molecule has 1 fully saturated rings. The van der Waals surface area contributed by atoms with Crippen LogP contribution < -0.4 is 26.6 Å². The second kappa shape index (κ2) is 40.2. The molecule has 0 aromatic heterocycles. The van der Waals surface area contributed by atoms with Gasteiger partial charge in [0.2, 0.25) is 70.9 Å². The fraction of sp³-hybridized carbons (Fsp3) is 0.824. The van der Waals surface area contributed by atoms with E-state index in [9.17, 15) is 48.6 Å². The summed E-state index contributed by atoms with van der Waals surface area (Å²) in [6.45, 7) is 29.0. The molecule has 1 aliphatic heterocycles. The van der Waals surface area contributed by atoms with Gasteiger partial charge in [0, 0.05) is 62.8 Å². The van der Waals surface area contributed by atoms with Gasteiger partial charge in [-0.25, -0.2) is 0 Å². The van der Waals surface area contributed by atoms with Gasteiger partial charge < -0.3 is 71.1 Å². The largest absolute Gasteiger partial charge is 0.394 e. The molecule has 1 heterocycles. The van der Waals surface area contributed by atoms with Crippen molar-refractivity contribution in [3.63, 3.8) is 0 Å². The van der Waals surface area contributed by atoms with E-state index in [-0.39, 0.29) is 61.7 Å². The molecule has 13 atom stereocenters. The Kier molecular flexibility index (Phi) is 36.6. The summed E-state index contributed by atoms with van der Waals surface area (Å²) in [6, 6.07) is -14.6. The van der Waals surface area contributed by atoms with Crippen LogP contribution in [0.2, 0.25) is 0 Å². The first-order valence-electron chi connectivity index (χ1n) is 34.2. The van der Waals surface area contributed by atoms with Gasteiger partial charge >= 0.3 is 0 Å². The highest BCUT2D eigenvalue weighted by Crippen LogP contribution is 2.27. The molecule has 0 radical (unpaired) electrons. The molecule has 94 heavy (non-hydrogen) atoms. The Labute approximate surface area is 562 Å². The molecule has 7 N–H and O–H groups in total. The minimum Gasteiger partial charge on any atom is -0.394 e. The SMILES string of the molecule is CC[C@H]1NC(=O)[C@H]([C@H](O)[C@H](C)CCCCCCNC(C)=O)N(C)C(=O)[C@@H](C(C)C)N(C)C(=O)[C@@H](CC(C)C)N(C)C(=O)[C@H](CC(C)C)N(C)C(=O)[C@H](C)NC(=O)[C@@H](C)NC(=O)[C@@H](CCC(C)C)N(C)C(=O)[C@@H](C(C)C)NC(=O)[C@H](CC(C)C)N(C)C(=O)[C@@H](CO)N(C)C1=O. The van der Waals surface area contributed by atoms with E-state index in [2.05, 4.69) is 26.6 Å². The first-order valence-corrected chi connectivity index (χ1v) is 34.2. The number of amides is 12. The van der Waals surface area contributed by atoms with Gasteiger partial charge in [0.25, 0.3) is 0 Å². The maximum absolute atomic E-state index is 15.4. The van der Waals surface area contributed by atoms with E-state index in [1.165, 1.54) is 89.7 Å². The fourth-order valence-electron chi connectivity index (χ4n) is 12.0. The molecule has 0 aliphatic carbocycles. The number of nitrogens with zero attached hydrogens (tertiary/aromatic N) is 7. The molecule has 26 heteroatoms. The van der Waals surface area contributed by atoms with Crippen molar-refractivity contribution in [3.05, 3.63) is 0 Å². The van der Waals surface area contributed by atoms with Gasteiger partial charge in [0.15, 0.2) is 0 Å². The lowest BCUT2D eigenvalue weighted by Gasteiger charge is -2.41. The van der Waals surface area contributed by atoms with Crippen molar-refractivity contribution >= 4 is 70.9 Å². The first kappa shape index (κ1) is 85.6. The highest BCUT2D eigenvalue weighted by atomic mass is 16.3. The van der Waals surface area contributed by atoms with Crippen LogP contribution in [-0.2, 0) is 57.5 Å². The molecule has 0 bridgehead atoms. The van der Waals surface area contributed by atoms with Gasteiger partial charge in [0.1, 0.15) is 66.5 Å². The predicted molar refractivity (Wildman–Crippen MR) is 361 cm³/mol. The molecule has 12 amide bonds. The summed E-state index contributed by atoms with van der Waals surface area (Å²) in [5, 5.41) is 37.1. The van der Waals surface area contributed by atoms with Crippen LogP contribution in [0.15, 0.2) is 0 Å². The minimum absolute atomic E-state index is 0.0626. The molecular weight excluding hydrogens is 1210 g/mol. The number of aliphatic hydroxyl groups is 2. The summed E-state index contributed by atoms with van der Waals surface area (Å²) in [5.74, 6) is -10.6. The second-order valence-electron chi connectivity index (χ2n) is 28.7. The summed E-state index contributed by atoms with van der Waals surface area (Å²) >= 11 is 0. The molecule has 1 aliphatic rings. The van der Waals surface area contributed by atoms with Gasteiger partial charge in [0.05, 0.1) is 12.7 Å². The number of carbonyl (C=O) groups excluding carboxylic acids is 12. The van der Waals surface area contributed by atoms with E-state index in [4.69, 9.17) is 0 Å². The molecule has 0 spiro atoms. The number of hydrogen-bond acceptors (Lipinski definition) is 14. The molecule has 0 aromatic carbocycles. The quantitative estimate of drug-likeness (QED) is 0.0767. The Balaban J connectivity index is 4.42. The Morgan fingerprint density at radius 2 is 0.883 bits per heavy atom. The van der Waals surface area contributed by atoms with Gasteiger partial charge in [-0.3, -0.25) is 57.5 Å². The summed E-state index contributed by atoms with van der Waals surface area (Å²) in [7, 11) is 9.66. The van der Waals surface area contributed by atoms with Gasteiger partial charge in [-0.2, -0.15) is 0 Å². The average Bonchev–Trinajstić information content (AvgIpc) is 0.809. The summed E-state index contributed by atoms with van der Waals surface area (Å²) in [6.07, 6.45) is 2.51. The van der Waals surface area contributed by atoms with Gasteiger partial charge in [-0.1, -0.05) is 116 Å². The molecular formula is C68H124N12O14. The van der Waals surface area contributed by atoms with Gasteiger partial charge in [-0.15, -0.1) is 0 Å². The lowest BCUT2D eigenvalue weighted by Crippen LogP contribution is -2.64. The molecule has 540 valence electrons. The third kappa shape index (κ3) is 25.0. The fourth-order valence-corrected chi connectivity index (χ4v) is 12.0. The van der Waals surface area contributed by atoms with E-state index in [1.54, 1.807) is 41.5 Å². The van der Waals surface area contributed by atoms with Crippen molar-refractivity contribution in [3.8, 4) is 0 Å². The zero-order valence-corrected chi connectivity index (χ0v) is 61.6. The molecule has 0 aromatic rings. The van der Waals surface area contributed by atoms with E-state index >= 15 is 19.2 Å². The zero-order chi connectivity index (χ0) is 72.7. The minimum atomic E-state index is -1.69. The van der Waals surface area contributed by atoms with Crippen LogP contribution in [0.4, 0.5) is 0 Å². The average molecular weight is 1330 g/mol. The van der Waals surface area contributed by atoms with Crippen molar-refractivity contribution in [2.45, 2.75) is 261 Å². The van der Waals surface area contributed by atoms with Gasteiger partial charge in [-0.05, 0) is 107 Å². The monoisotopic (exact) mass is 1330 g/mol. The topological polar surface area (TPSA) is 328 Å². The second-order valence-corrected chi connectivity index (χ2v) is 28.7.